The van der Waals surface area contributed by atoms with Gasteiger partial charge in [0.2, 0.25) is 0 Å². The molecule has 2 heterocycles. The van der Waals surface area contributed by atoms with E-state index in [-0.39, 0.29) is 17.7 Å². The number of nitrogens with zero attached hydrogens (tertiary/aromatic N) is 3. The van der Waals surface area contributed by atoms with Gasteiger partial charge in [0.15, 0.2) is 0 Å². The van der Waals surface area contributed by atoms with E-state index in [1.165, 1.54) is 12.1 Å². The highest BCUT2D eigenvalue weighted by atomic mass is 19.4. The van der Waals surface area contributed by atoms with Crippen LogP contribution in [-0.4, -0.2) is 41.4 Å². The highest BCUT2D eigenvalue weighted by Crippen LogP contribution is 2.28. The van der Waals surface area contributed by atoms with Crippen molar-refractivity contribution in [1.82, 2.24) is 9.88 Å². The summed E-state index contributed by atoms with van der Waals surface area (Å²) in [5, 5.41) is 2.83. The van der Waals surface area contributed by atoms with E-state index in [2.05, 4.69) is 31.8 Å². The maximum atomic E-state index is 12.5. The molecule has 0 saturated carbocycles. The normalized spacial score (nSPS) is 16.6. The average molecular weight is 456 g/mol. The first-order valence-corrected chi connectivity index (χ1v) is 10.4. The number of para-hydroxylation sites is 1. The third kappa shape index (κ3) is 6.01. The fraction of sp³-hybridized carbons (Fsp3) is 0.250. The molecular weight excluding hydrogens is 433 g/mol. The van der Waals surface area contributed by atoms with Gasteiger partial charge in [-0.25, -0.2) is 0 Å². The number of anilines is 2. The standard InChI is InChI=1S/C24H23F3N4O2/c1-17-14-31(20-7-9-21(10-8-20)33-24(25,26)27)16-30(17)15-18-11-12-28-22(13-18)23(32)29-19-5-3-2-4-6-19/h2-13,17H,14-16H2,1H3,(H,29,32). The molecule has 0 aliphatic carbocycles. The SMILES string of the molecule is CC1CN(c2ccc(OC(F)(F)F)cc2)CN1Cc1ccnc(C(=O)Nc2ccccc2)c1. The molecule has 33 heavy (non-hydrogen) atoms. The first-order valence-electron chi connectivity index (χ1n) is 10.4. The predicted octanol–water partition coefficient (Wildman–Crippen LogP) is 4.90. The second kappa shape index (κ2) is 9.50. The molecule has 1 amide bonds. The number of amides is 1. The molecule has 1 aliphatic heterocycles. The zero-order chi connectivity index (χ0) is 23.4. The summed E-state index contributed by atoms with van der Waals surface area (Å²) in [5.74, 6) is -0.520. The Morgan fingerprint density at radius 2 is 1.85 bits per heavy atom. The number of nitrogens with one attached hydrogen (secondary N) is 1. The lowest BCUT2D eigenvalue weighted by atomic mass is 10.2. The van der Waals surface area contributed by atoms with Crippen LogP contribution in [0.25, 0.3) is 0 Å². The van der Waals surface area contributed by atoms with Gasteiger partial charge in [-0.05, 0) is 61.0 Å². The third-order valence-corrected chi connectivity index (χ3v) is 5.37. The van der Waals surface area contributed by atoms with Gasteiger partial charge in [0.05, 0.1) is 6.67 Å². The van der Waals surface area contributed by atoms with Crippen molar-refractivity contribution in [2.75, 3.05) is 23.4 Å². The van der Waals surface area contributed by atoms with Crippen molar-refractivity contribution in [3.63, 3.8) is 0 Å². The van der Waals surface area contributed by atoms with Crippen molar-refractivity contribution in [2.24, 2.45) is 0 Å². The Balaban J connectivity index is 1.38. The molecule has 1 N–H and O–H groups in total. The molecule has 2 aromatic carbocycles. The van der Waals surface area contributed by atoms with Crippen molar-refractivity contribution in [2.45, 2.75) is 25.9 Å². The fourth-order valence-corrected chi connectivity index (χ4v) is 3.75. The Morgan fingerprint density at radius 3 is 2.55 bits per heavy atom. The van der Waals surface area contributed by atoms with Crippen molar-refractivity contribution < 1.29 is 22.7 Å². The van der Waals surface area contributed by atoms with E-state index in [9.17, 15) is 18.0 Å². The molecule has 9 heteroatoms. The number of halogens is 3. The van der Waals surface area contributed by atoms with E-state index in [0.717, 1.165) is 17.8 Å². The van der Waals surface area contributed by atoms with Crippen LogP contribution in [0.2, 0.25) is 0 Å². The number of aromatic nitrogens is 1. The molecule has 0 bridgehead atoms. The number of rotatable bonds is 6. The minimum atomic E-state index is -4.71. The fourth-order valence-electron chi connectivity index (χ4n) is 3.75. The molecule has 1 aliphatic rings. The smallest absolute Gasteiger partial charge is 0.406 e. The third-order valence-electron chi connectivity index (χ3n) is 5.37. The molecule has 4 rings (SSSR count). The minimum Gasteiger partial charge on any atom is -0.406 e. The summed E-state index contributed by atoms with van der Waals surface area (Å²) in [5.41, 5.74) is 2.80. The number of hydrogen-bond acceptors (Lipinski definition) is 5. The summed E-state index contributed by atoms with van der Waals surface area (Å²) in [4.78, 5) is 21.1. The minimum absolute atomic E-state index is 0.214. The molecule has 0 radical (unpaired) electrons. The molecule has 3 aromatic rings. The Morgan fingerprint density at radius 1 is 1.12 bits per heavy atom. The zero-order valence-electron chi connectivity index (χ0n) is 17.9. The van der Waals surface area contributed by atoms with E-state index in [1.807, 2.05) is 36.4 Å². The Labute approximate surface area is 189 Å². The summed E-state index contributed by atoms with van der Waals surface area (Å²) in [6.07, 6.45) is -3.09. The molecule has 1 saturated heterocycles. The maximum absolute atomic E-state index is 12.5. The van der Waals surface area contributed by atoms with E-state index >= 15 is 0 Å². The van der Waals surface area contributed by atoms with Crippen molar-refractivity contribution in [1.29, 1.82) is 0 Å². The molecule has 1 unspecified atom stereocenters. The van der Waals surface area contributed by atoms with Gasteiger partial charge in [-0.3, -0.25) is 14.7 Å². The molecule has 172 valence electrons. The quantitative estimate of drug-likeness (QED) is 0.572. The summed E-state index contributed by atoms with van der Waals surface area (Å²) < 4.78 is 41.1. The van der Waals surface area contributed by atoms with Crippen LogP contribution >= 0.6 is 0 Å². The number of alkyl halides is 3. The average Bonchev–Trinajstić information content (AvgIpc) is 3.14. The number of ether oxygens (including phenoxy) is 1. The summed E-state index contributed by atoms with van der Waals surface area (Å²) >= 11 is 0. The zero-order valence-corrected chi connectivity index (χ0v) is 17.9. The van der Waals surface area contributed by atoms with Gasteiger partial charge in [0, 0.05) is 36.7 Å². The Kier molecular flexibility index (Phi) is 6.50. The van der Waals surface area contributed by atoms with Crippen LogP contribution in [0, 0.1) is 0 Å². The molecule has 1 fully saturated rings. The summed E-state index contributed by atoms with van der Waals surface area (Å²) in [6, 6.07) is 18.9. The molecule has 6 nitrogen and oxygen atoms in total. The van der Waals surface area contributed by atoms with Gasteiger partial charge >= 0.3 is 6.36 Å². The first kappa shape index (κ1) is 22.6. The van der Waals surface area contributed by atoms with E-state index < -0.39 is 6.36 Å². The number of carbonyl (C=O) groups excluding carboxylic acids is 1. The van der Waals surface area contributed by atoms with Gasteiger partial charge in [-0.15, -0.1) is 13.2 Å². The topological polar surface area (TPSA) is 57.7 Å². The van der Waals surface area contributed by atoms with Crippen molar-refractivity contribution in [3.8, 4) is 5.75 Å². The highest BCUT2D eigenvalue weighted by Gasteiger charge is 2.31. The van der Waals surface area contributed by atoms with Crippen LogP contribution in [0.5, 0.6) is 5.75 Å². The second-order valence-electron chi connectivity index (χ2n) is 7.87. The summed E-state index contributed by atoms with van der Waals surface area (Å²) in [6.45, 7) is 4.03. The largest absolute Gasteiger partial charge is 0.573 e. The van der Waals surface area contributed by atoms with Crippen LogP contribution in [0.4, 0.5) is 24.5 Å². The van der Waals surface area contributed by atoms with E-state index in [1.54, 1.807) is 24.4 Å². The Bertz CT molecular complexity index is 1090. The number of pyridine rings is 1. The van der Waals surface area contributed by atoms with Gasteiger partial charge in [0.25, 0.3) is 5.91 Å². The van der Waals surface area contributed by atoms with Gasteiger partial charge in [0.1, 0.15) is 11.4 Å². The van der Waals surface area contributed by atoms with Crippen LogP contribution in [0.15, 0.2) is 72.9 Å². The highest BCUT2D eigenvalue weighted by molar-refractivity contribution is 6.02. The lowest BCUT2D eigenvalue weighted by molar-refractivity contribution is -0.274. The molecule has 1 aromatic heterocycles. The lowest BCUT2D eigenvalue weighted by Gasteiger charge is -2.21. The van der Waals surface area contributed by atoms with Gasteiger partial charge < -0.3 is 15.0 Å². The molecular formula is C24H23F3N4O2. The van der Waals surface area contributed by atoms with Gasteiger partial charge in [-0.1, -0.05) is 18.2 Å². The molecule has 0 spiro atoms. The van der Waals surface area contributed by atoms with Crippen LogP contribution in [0.1, 0.15) is 23.0 Å². The number of benzene rings is 2. The van der Waals surface area contributed by atoms with Crippen molar-refractivity contribution >= 4 is 17.3 Å². The maximum Gasteiger partial charge on any atom is 0.573 e. The van der Waals surface area contributed by atoms with Crippen molar-refractivity contribution in [3.05, 3.63) is 84.2 Å². The molecule has 1 atom stereocenters. The van der Waals surface area contributed by atoms with Crippen LogP contribution < -0.4 is 15.0 Å². The first-order chi connectivity index (χ1) is 15.8. The monoisotopic (exact) mass is 456 g/mol. The number of carbonyl (C=O) groups is 1. The summed E-state index contributed by atoms with van der Waals surface area (Å²) in [7, 11) is 0. The Hall–Kier alpha value is -3.59. The predicted molar refractivity (Wildman–Crippen MR) is 119 cm³/mol. The van der Waals surface area contributed by atoms with Gasteiger partial charge in [-0.2, -0.15) is 0 Å². The van der Waals surface area contributed by atoms with Crippen LogP contribution in [-0.2, 0) is 6.54 Å². The number of hydrogen-bond donors (Lipinski definition) is 1. The van der Waals surface area contributed by atoms with E-state index in [0.29, 0.717) is 24.6 Å². The van der Waals surface area contributed by atoms with Crippen LogP contribution in [0.3, 0.4) is 0 Å². The van der Waals surface area contributed by atoms with E-state index in [4.69, 9.17) is 0 Å². The lowest BCUT2D eigenvalue weighted by Crippen LogP contribution is -2.28. The second-order valence-corrected chi connectivity index (χ2v) is 7.87.